The van der Waals surface area contributed by atoms with Crippen LogP contribution in [0.1, 0.15) is 11.1 Å². The van der Waals surface area contributed by atoms with Crippen LogP contribution in [0.4, 0.5) is 11.4 Å². The van der Waals surface area contributed by atoms with Gasteiger partial charge in [0.25, 0.3) is 5.69 Å². The van der Waals surface area contributed by atoms with Crippen molar-refractivity contribution >= 4 is 38.1 Å². The maximum atomic E-state index is 12.4. The summed E-state index contributed by atoms with van der Waals surface area (Å²) in [6.07, 6.45) is 0. The van der Waals surface area contributed by atoms with Crippen LogP contribution in [-0.4, -0.2) is 9.13 Å². The van der Waals surface area contributed by atoms with E-state index in [-0.39, 0.29) is 11.4 Å². The number of benzene rings is 2. The Morgan fingerprint density at radius 2 is 2.05 bits per heavy atom. The minimum atomic E-state index is -1.31. The number of nitrogen functional groups attached to an aromatic ring is 1. The van der Waals surface area contributed by atoms with Gasteiger partial charge in [0.1, 0.15) is 0 Å². The highest BCUT2D eigenvalue weighted by Gasteiger charge is 2.14. The normalized spacial score (nSPS) is 12.1. The molecular formula is C14H13BrN2O3S. The van der Waals surface area contributed by atoms with E-state index in [1.165, 1.54) is 12.1 Å². The molecule has 2 aromatic rings. The van der Waals surface area contributed by atoms with E-state index >= 15 is 0 Å². The first-order valence-corrected chi connectivity index (χ1v) is 8.17. The van der Waals surface area contributed by atoms with Crippen molar-refractivity contribution in [2.75, 3.05) is 5.73 Å². The highest BCUT2D eigenvalue weighted by molar-refractivity contribution is 9.10. The molecule has 7 heteroatoms. The molecule has 0 aromatic heterocycles. The van der Waals surface area contributed by atoms with Gasteiger partial charge in [0.05, 0.1) is 32.1 Å². The lowest BCUT2D eigenvalue weighted by Gasteiger charge is -2.09. The minimum absolute atomic E-state index is 0.00789. The maximum Gasteiger partial charge on any atom is 0.270 e. The summed E-state index contributed by atoms with van der Waals surface area (Å²) in [7, 11) is -1.31. The van der Waals surface area contributed by atoms with Crippen LogP contribution in [0, 0.1) is 17.0 Å². The summed E-state index contributed by atoms with van der Waals surface area (Å²) in [4.78, 5) is 10.8. The summed E-state index contributed by atoms with van der Waals surface area (Å²) in [6.45, 7) is 1.86. The molecule has 2 N–H and O–H groups in total. The average molecular weight is 369 g/mol. The van der Waals surface area contributed by atoms with Gasteiger partial charge in [-0.2, -0.15) is 0 Å². The van der Waals surface area contributed by atoms with Crippen molar-refractivity contribution in [3.63, 3.8) is 0 Å². The van der Waals surface area contributed by atoms with E-state index in [2.05, 4.69) is 15.9 Å². The van der Waals surface area contributed by atoms with Gasteiger partial charge in [0, 0.05) is 16.6 Å². The van der Waals surface area contributed by atoms with Gasteiger partial charge in [-0.1, -0.05) is 34.1 Å². The fourth-order valence-electron chi connectivity index (χ4n) is 1.84. The van der Waals surface area contributed by atoms with E-state index in [9.17, 15) is 14.3 Å². The van der Waals surface area contributed by atoms with Crippen molar-refractivity contribution in [2.24, 2.45) is 0 Å². The number of anilines is 1. The second-order valence-corrected chi connectivity index (χ2v) is 6.78. The summed E-state index contributed by atoms with van der Waals surface area (Å²) in [5.74, 6) is 0.242. The zero-order chi connectivity index (χ0) is 15.6. The molecule has 0 aliphatic rings. The largest absolute Gasteiger partial charge is 0.398 e. The van der Waals surface area contributed by atoms with Crippen LogP contribution in [0.2, 0.25) is 0 Å². The maximum absolute atomic E-state index is 12.4. The van der Waals surface area contributed by atoms with Gasteiger partial charge in [-0.15, -0.1) is 0 Å². The Balaban J connectivity index is 2.28. The van der Waals surface area contributed by atoms with Crippen LogP contribution < -0.4 is 5.73 Å². The van der Waals surface area contributed by atoms with Crippen LogP contribution in [0.15, 0.2) is 45.8 Å². The Hall–Kier alpha value is -1.73. The first kappa shape index (κ1) is 15.7. The topological polar surface area (TPSA) is 86.2 Å². The SMILES string of the molecule is Cc1cccc(S(=O)Cc2ccc([N+](=O)[O-])cc2Br)c1N. The zero-order valence-corrected chi connectivity index (χ0v) is 13.6. The number of hydrogen-bond donors (Lipinski definition) is 1. The first-order valence-electron chi connectivity index (χ1n) is 6.06. The van der Waals surface area contributed by atoms with Crippen molar-refractivity contribution in [2.45, 2.75) is 17.6 Å². The third-order valence-electron chi connectivity index (χ3n) is 3.06. The molecule has 2 aromatic carbocycles. The zero-order valence-electron chi connectivity index (χ0n) is 11.2. The molecule has 0 spiro atoms. The number of nitro groups is 1. The first-order chi connectivity index (χ1) is 9.90. The van der Waals surface area contributed by atoms with Crippen molar-refractivity contribution in [3.05, 3.63) is 62.1 Å². The van der Waals surface area contributed by atoms with Crippen LogP contribution >= 0.6 is 15.9 Å². The van der Waals surface area contributed by atoms with Gasteiger partial charge >= 0.3 is 0 Å². The molecule has 5 nitrogen and oxygen atoms in total. The molecule has 0 bridgehead atoms. The van der Waals surface area contributed by atoms with Crippen molar-refractivity contribution in [3.8, 4) is 0 Å². The Labute approximate surface area is 132 Å². The Kier molecular flexibility index (Phi) is 4.74. The van der Waals surface area contributed by atoms with Gasteiger partial charge in [-0.25, -0.2) is 0 Å². The van der Waals surface area contributed by atoms with Gasteiger partial charge in [-0.05, 0) is 24.1 Å². The van der Waals surface area contributed by atoms with E-state index in [4.69, 9.17) is 5.73 Å². The summed E-state index contributed by atoms with van der Waals surface area (Å²) in [6, 6.07) is 9.81. The molecule has 2 rings (SSSR count). The minimum Gasteiger partial charge on any atom is -0.398 e. The van der Waals surface area contributed by atoms with Crippen molar-refractivity contribution < 1.29 is 9.13 Å². The van der Waals surface area contributed by atoms with E-state index in [0.29, 0.717) is 15.1 Å². The van der Waals surface area contributed by atoms with Crippen LogP contribution in [0.5, 0.6) is 0 Å². The molecular weight excluding hydrogens is 356 g/mol. The summed E-state index contributed by atoms with van der Waals surface area (Å²) >= 11 is 3.28. The Morgan fingerprint density at radius 3 is 2.67 bits per heavy atom. The number of halogens is 1. The number of rotatable bonds is 4. The van der Waals surface area contributed by atoms with Gasteiger partial charge < -0.3 is 5.73 Å². The molecule has 1 atom stereocenters. The Bertz CT molecular complexity index is 734. The second-order valence-electron chi connectivity index (χ2n) is 4.51. The van der Waals surface area contributed by atoms with E-state index < -0.39 is 15.7 Å². The molecule has 0 amide bonds. The fraction of sp³-hybridized carbons (Fsp3) is 0.143. The van der Waals surface area contributed by atoms with Gasteiger partial charge in [0.15, 0.2) is 0 Å². The summed E-state index contributed by atoms with van der Waals surface area (Å²) in [5, 5.41) is 10.7. The number of nitrogens with zero attached hydrogens (tertiary/aromatic N) is 1. The summed E-state index contributed by atoms with van der Waals surface area (Å²) < 4.78 is 13.0. The number of para-hydroxylation sites is 1. The highest BCUT2D eigenvalue weighted by atomic mass is 79.9. The molecule has 0 saturated heterocycles. The van der Waals surface area contributed by atoms with Gasteiger partial charge in [-0.3, -0.25) is 14.3 Å². The molecule has 1 unspecified atom stereocenters. The number of hydrogen-bond acceptors (Lipinski definition) is 4. The number of aryl methyl sites for hydroxylation is 1. The quantitative estimate of drug-likeness (QED) is 0.507. The number of non-ortho nitro benzene ring substituents is 1. The molecule has 21 heavy (non-hydrogen) atoms. The standard InChI is InChI=1S/C14H13BrN2O3S/c1-9-3-2-4-13(14(9)16)21(20)8-10-5-6-11(17(18)19)7-12(10)15/h2-7H,8,16H2,1H3. The van der Waals surface area contributed by atoms with Crippen LogP contribution in [0.25, 0.3) is 0 Å². The summed E-state index contributed by atoms with van der Waals surface area (Å²) in [5.41, 5.74) is 8.07. The molecule has 0 radical (unpaired) electrons. The third kappa shape index (κ3) is 3.48. The lowest BCUT2D eigenvalue weighted by molar-refractivity contribution is -0.384. The molecule has 0 aliphatic heterocycles. The fourth-order valence-corrected chi connectivity index (χ4v) is 3.86. The second kappa shape index (κ2) is 6.36. The van der Waals surface area contributed by atoms with E-state index in [0.717, 1.165) is 11.1 Å². The Morgan fingerprint density at radius 1 is 1.33 bits per heavy atom. The van der Waals surface area contributed by atoms with E-state index in [1.807, 2.05) is 19.1 Å². The molecule has 0 fully saturated rings. The smallest absolute Gasteiger partial charge is 0.270 e. The van der Waals surface area contributed by atoms with Crippen LogP contribution in [-0.2, 0) is 16.6 Å². The lowest BCUT2D eigenvalue weighted by atomic mass is 10.2. The van der Waals surface area contributed by atoms with Crippen LogP contribution in [0.3, 0.4) is 0 Å². The molecule has 110 valence electrons. The molecule has 0 saturated carbocycles. The third-order valence-corrected chi connectivity index (χ3v) is 5.22. The average Bonchev–Trinajstić information content (AvgIpc) is 2.43. The number of nitrogens with two attached hydrogens (primary N) is 1. The predicted molar refractivity (Wildman–Crippen MR) is 86.5 cm³/mol. The van der Waals surface area contributed by atoms with E-state index in [1.54, 1.807) is 12.1 Å². The van der Waals surface area contributed by atoms with Crippen molar-refractivity contribution in [1.82, 2.24) is 0 Å². The highest BCUT2D eigenvalue weighted by Crippen LogP contribution is 2.27. The van der Waals surface area contributed by atoms with Crippen molar-refractivity contribution in [1.29, 1.82) is 0 Å². The molecule has 0 heterocycles. The van der Waals surface area contributed by atoms with Gasteiger partial charge in [0.2, 0.25) is 0 Å². The molecule has 0 aliphatic carbocycles. The monoisotopic (exact) mass is 368 g/mol. The lowest BCUT2D eigenvalue weighted by Crippen LogP contribution is -2.03. The predicted octanol–water partition coefficient (Wildman–Crippen LogP) is 3.56. The number of nitro benzene ring substituents is 1.